The van der Waals surface area contributed by atoms with E-state index in [1.54, 1.807) is 0 Å². The number of nitrogens with one attached hydrogen (secondary N) is 2. The molecule has 0 radical (unpaired) electrons. The van der Waals surface area contributed by atoms with E-state index in [9.17, 15) is 18.4 Å². The van der Waals surface area contributed by atoms with Crippen LogP contribution in [0.2, 0.25) is 0 Å². The molecule has 2 N–H and O–H groups in total. The number of amides is 2. The number of hydrogen-bond donors (Lipinski definition) is 2. The van der Waals surface area contributed by atoms with Gasteiger partial charge in [-0.05, 0) is 30.2 Å². The molecule has 7 heteroatoms. The Balaban J connectivity index is 2.17. The quantitative estimate of drug-likeness (QED) is 0.848. The molecule has 1 aromatic rings. The lowest BCUT2D eigenvalue weighted by molar-refractivity contribution is -0.125. The van der Waals surface area contributed by atoms with E-state index in [0.717, 1.165) is 6.07 Å². The van der Waals surface area contributed by atoms with Crippen molar-refractivity contribution < 1.29 is 23.1 Å². The fourth-order valence-electron chi connectivity index (χ4n) is 2.04. The third kappa shape index (κ3) is 3.43. The average Bonchev–Trinajstić information content (AvgIpc) is 2.57. The van der Waals surface area contributed by atoms with Gasteiger partial charge in [0.2, 0.25) is 18.7 Å². The first-order valence-electron chi connectivity index (χ1n) is 6.11. The first-order chi connectivity index (χ1) is 9.60. The van der Waals surface area contributed by atoms with E-state index < -0.39 is 18.6 Å². The van der Waals surface area contributed by atoms with Crippen molar-refractivity contribution >= 4 is 11.8 Å². The molecule has 1 saturated heterocycles. The molecule has 1 aliphatic rings. The molecule has 1 aromatic carbocycles. The van der Waals surface area contributed by atoms with Crippen molar-refractivity contribution in [1.82, 2.24) is 10.6 Å². The minimum atomic E-state index is -1.04. The Bertz CT molecular complexity index is 522. The predicted octanol–water partition coefficient (Wildman–Crippen LogP) is 0.536. The second-order valence-electron chi connectivity index (χ2n) is 4.43. The van der Waals surface area contributed by atoms with Crippen LogP contribution in [0.15, 0.2) is 18.2 Å². The predicted molar refractivity (Wildman–Crippen MR) is 66.2 cm³/mol. The Morgan fingerprint density at radius 3 is 2.85 bits per heavy atom. The normalized spacial score (nSPS) is 19.0. The van der Waals surface area contributed by atoms with Crippen molar-refractivity contribution in [1.29, 1.82) is 0 Å². The maximum Gasteiger partial charge on any atom is 0.239 e. The van der Waals surface area contributed by atoms with Crippen molar-refractivity contribution in [2.24, 2.45) is 5.92 Å². The van der Waals surface area contributed by atoms with E-state index in [-0.39, 0.29) is 37.1 Å². The zero-order valence-corrected chi connectivity index (χ0v) is 10.6. The van der Waals surface area contributed by atoms with Crippen LogP contribution in [0.25, 0.3) is 0 Å². The highest BCUT2D eigenvalue weighted by molar-refractivity contribution is 5.88. The van der Waals surface area contributed by atoms with Gasteiger partial charge in [0.05, 0.1) is 12.5 Å². The second kappa shape index (κ2) is 6.31. The highest BCUT2D eigenvalue weighted by Crippen LogP contribution is 2.23. The van der Waals surface area contributed by atoms with E-state index in [1.807, 2.05) is 0 Å². The number of alkyl halides is 1. The standard InChI is InChI=1S/C13H14F2N2O3/c14-7-20-11-2-1-10(15)4-8(11)3-9-5-16-12(18)6-17-13(9)19/h1-2,4,9H,3,5-7H2,(H,16,18)(H,17,19). The molecule has 5 nitrogen and oxygen atoms in total. The van der Waals surface area contributed by atoms with Crippen LogP contribution >= 0.6 is 0 Å². The minimum absolute atomic E-state index is 0.0771. The summed E-state index contributed by atoms with van der Waals surface area (Å²) < 4.78 is 30.3. The van der Waals surface area contributed by atoms with Gasteiger partial charge in [0.25, 0.3) is 0 Å². The number of hydrogen-bond acceptors (Lipinski definition) is 3. The molecular formula is C13H14F2N2O3. The summed E-state index contributed by atoms with van der Waals surface area (Å²) in [4.78, 5) is 23.0. The topological polar surface area (TPSA) is 67.4 Å². The molecule has 0 bridgehead atoms. The molecule has 0 aromatic heterocycles. The molecular weight excluding hydrogens is 270 g/mol. The average molecular weight is 284 g/mol. The number of benzene rings is 1. The molecule has 1 heterocycles. The minimum Gasteiger partial charge on any atom is -0.463 e. The Kier molecular flexibility index (Phi) is 4.49. The number of rotatable bonds is 4. The van der Waals surface area contributed by atoms with Gasteiger partial charge in [-0.15, -0.1) is 0 Å². The third-order valence-corrected chi connectivity index (χ3v) is 3.04. The molecule has 0 saturated carbocycles. The van der Waals surface area contributed by atoms with Gasteiger partial charge < -0.3 is 15.4 Å². The van der Waals surface area contributed by atoms with Crippen LogP contribution in [0, 0.1) is 11.7 Å². The zero-order valence-electron chi connectivity index (χ0n) is 10.6. The van der Waals surface area contributed by atoms with Crippen LogP contribution in [-0.2, 0) is 16.0 Å². The first-order valence-corrected chi connectivity index (χ1v) is 6.11. The van der Waals surface area contributed by atoms with E-state index in [1.165, 1.54) is 12.1 Å². The smallest absolute Gasteiger partial charge is 0.239 e. The van der Waals surface area contributed by atoms with Crippen LogP contribution in [0.1, 0.15) is 5.56 Å². The zero-order chi connectivity index (χ0) is 14.5. The van der Waals surface area contributed by atoms with E-state index in [0.29, 0.717) is 5.56 Å². The fraction of sp³-hybridized carbons (Fsp3) is 0.385. The summed E-state index contributed by atoms with van der Waals surface area (Å²) >= 11 is 0. The number of halogens is 2. The third-order valence-electron chi connectivity index (χ3n) is 3.04. The van der Waals surface area contributed by atoms with Crippen LogP contribution in [0.3, 0.4) is 0 Å². The maximum absolute atomic E-state index is 13.3. The molecule has 20 heavy (non-hydrogen) atoms. The molecule has 1 unspecified atom stereocenters. The van der Waals surface area contributed by atoms with Gasteiger partial charge in [-0.3, -0.25) is 9.59 Å². The highest BCUT2D eigenvalue weighted by atomic mass is 19.1. The van der Waals surface area contributed by atoms with Crippen molar-refractivity contribution in [3.05, 3.63) is 29.6 Å². The van der Waals surface area contributed by atoms with Crippen molar-refractivity contribution in [3.8, 4) is 5.75 Å². The Morgan fingerprint density at radius 1 is 1.30 bits per heavy atom. The molecule has 1 fully saturated rings. The van der Waals surface area contributed by atoms with Gasteiger partial charge in [-0.25, -0.2) is 8.78 Å². The molecule has 0 aliphatic carbocycles. The number of ether oxygens (including phenoxy) is 1. The Hall–Kier alpha value is -2.18. The molecule has 2 amide bonds. The molecule has 1 aliphatic heterocycles. The molecule has 0 spiro atoms. The lowest BCUT2D eigenvalue weighted by Gasteiger charge is -2.15. The summed E-state index contributed by atoms with van der Waals surface area (Å²) in [6.07, 6.45) is 0.152. The van der Waals surface area contributed by atoms with Crippen LogP contribution in [-0.4, -0.2) is 31.8 Å². The van der Waals surface area contributed by atoms with E-state index in [4.69, 9.17) is 4.74 Å². The SMILES string of the molecule is O=C1CNC(=O)C(Cc2cc(F)ccc2OCF)CN1. The van der Waals surface area contributed by atoms with Gasteiger partial charge >= 0.3 is 0 Å². The lowest BCUT2D eigenvalue weighted by atomic mass is 9.97. The summed E-state index contributed by atoms with van der Waals surface area (Å²) in [7, 11) is 0. The van der Waals surface area contributed by atoms with Crippen LogP contribution in [0.4, 0.5) is 8.78 Å². The Labute approximate surface area is 114 Å². The largest absolute Gasteiger partial charge is 0.463 e. The van der Waals surface area contributed by atoms with Crippen molar-refractivity contribution in [2.45, 2.75) is 6.42 Å². The van der Waals surface area contributed by atoms with Crippen LogP contribution in [0.5, 0.6) is 5.75 Å². The van der Waals surface area contributed by atoms with E-state index in [2.05, 4.69) is 10.6 Å². The summed E-state index contributed by atoms with van der Waals surface area (Å²) in [5.41, 5.74) is 0.388. The summed E-state index contributed by atoms with van der Waals surface area (Å²) in [6, 6.07) is 3.67. The monoisotopic (exact) mass is 284 g/mol. The van der Waals surface area contributed by atoms with Crippen molar-refractivity contribution in [3.63, 3.8) is 0 Å². The fourth-order valence-corrected chi connectivity index (χ4v) is 2.04. The van der Waals surface area contributed by atoms with Crippen LogP contribution < -0.4 is 15.4 Å². The number of carbonyl (C=O) groups excluding carboxylic acids is 2. The van der Waals surface area contributed by atoms with Gasteiger partial charge in [0.15, 0.2) is 0 Å². The van der Waals surface area contributed by atoms with Gasteiger partial charge in [-0.1, -0.05) is 0 Å². The highest BCUT2D eigenvalue weighted by Gasteiger charge is 2.25. The summed E-state index contributed by atoms with van der Waals surface area (Å²) in [6.45, 7) is -0.963. The lowest BCUT2D eigenvalue weighted by Crippen LogP contribution is -2.32. The van der Waals surface area contributed by atoms with Gasteiger partial charge in [-0.2, -0.15) is 0 Å². The number of carbonyl (C=O) groups is 2. The van der Waals surface area contributed by atoms with Gasteiger partial charge in [0.1, 0.15) is 11.6 Å². The summed E-state index contributed by atoms with van der Waals surface area (Å²) in [5.74, 6) is -1.44. The maximum atomic E-state index is 13.3. The van der Waals surface area contributed by atoms with Crippen molar-refractivity contribution in [2.75, 3.05) is 20.0 Å². The van der Waals surface area contributed by atoms with E-state index >= 15 is 0 Å². The molecule has 2 rings (SSSR count). The molecule has 1 atom stereocenters. The van der Waals surface area contributed by atoms with Gasteiger partial charge in [0, 0.05) is 6.54 Å². The molecule has 108 valence electrons. The Morgan fingerprint density at radius 2 is 2.10 bits per heavy atom. The second-order valence-corrected chi connectivity index (χ2v) is 4.43. The summed E-state index contributed by atoms with van der Waals surface area (Å²) in [5, 5.41) is 5.05. The first kappa shape index (κ1) is 14.2.